The van der Waals surface area contributed by atoms with Gasteiger partial charge in [-0.05, 0) is 44.4 Å². The van der Waals surface area contributed by atoms with E-state index in [0.29, 0.717) is 11.5 Å². The first-order valence-corrected chi connectivity index (χ1v) is 8.52. The van der Waals surface area contributed by atoms with Gasteiger partial charge in [0.05, 0.1) is 0 Å². The predicted molar refractivity (Wildman–Crippen MR) is 98.7 cm³/mol. The molecule has 1 amide bonds. The predicted octanol–water partition coefficient (Wildman–Crippen LogP) is 3.97. The molecule has 0 saturated carbocycles. The summed E-state index contributed by atoms with van der Waals surface area (Å²) < 4.78 is 0. The van der Waals surface area contributed by atoms with Crippen LogP contribution >= 0.6 is 0 Å². The van der Waals surface area contributed by atoms with Crippen molar-refractivity contribution in [3.05, 3.63) is 47.4 Å². The molecule has 5 heteroatoms. The average molecular weight is 326 g/mol. The molecule has 1 N–H and O–H groups in total. The molecule has 0 saturated heterocycles. The van der Waals surface area contributed by atoms with Crippen LogP contribution in [0.15, 0.2) is 30.3 Å². The van der Waals surface area contributed by atoms with Crippen LogP contribution in [-0.2, 0) is 0 Å². The number of amides is 1. The van der Waals surface area contributed by atoms with Gasteiger partial charge in [-0.2, -0.15) is 0 Å². The highest BCUT2D eigenvalue weighted by Crippen LogP contribution is 2.16. The number of nitrogens with one attached hydrogen (secondary N) is 1. The Morgan fingerprint density at radius 1 is 1.08 bits per heavy atom. The van der Waals surface area contributed by atoms with Gasteiger partial charge in [0.25, 0.3) is 5.91 Å². The topological polar surface area (TPSA) is 58.1 Å². The fraction of sp³-hybridized carbons (Fsp3) is 0.421. The zero-order valence-corrected chi connectivity index (χ0v) is 15.0. The zero-order valence-electron chi connectivity index (χ0n) is 15.0. The van der Waals surface area contributed by atoms with Crippen LogP contribution in [0.3, 0.4) is 0 Å². The Labute approximate surface area is 144 Å². The normalized spacial score (nSPS) is 10.5. The first-order chi connectivity index (χ1) is 11.5. The third-order valence-electron chi connectivity index (χ3n) is 3.64. The molecule has 5 nitrogen and oxygen atoms in total. The number of hydrogen-bond acceptors (Lipinski definition) is 4. The van der Waals surface area contributed by atoms with Gasteiger partial charge >= 0.3 is 0 Å². The molecule has 0 unspecified atom stereocenters. The largest absolute Gasteiger partial charge is 0.357 e. The molecule has 0 bridgehead atoms. The van der Waals surface area contributed by atoms with Crippen molar-refractivity contribution in [2.24, 2.45) is 0 Å². The number of anilines is 2. The molecule has 24 heavy (non-hydrogen) atoms. The zero-order chi connectivity index (χ0) is 17.5. The van der Waals surface area contributed by atoms with Crippen molar-refractivity contribution < 1.29 is 4.79 Å². The van der Waals surface area contributed by atoms with Crippen molar-refractivity contribution in [2.75, 3.05) is 23.3 Å². The Kier molecular flexibility index (Phi) is 6.29. The van der Waals surface area contributed by atoms with E-state index in [0.717, 1.165) is 43.0 Å². The molecule has 1 heterocycles. The van der Waals surface area contributed by atoms with E-state index in [9.17, 15) is 4.79 Å². The lowest BCUT2D eigenvalue weighted by molar-refractivity contribution is 0.102. The third kappa shape index (κ3) is 4.78. The van der Waals surface area contributed by atoms with Crippen LogP contribution in [0.25, 0.3) is 0 Å². The van der Waals surface area contributed by atoms with E-state index in [2.05, 4.69) is 34.0 Å². The molecule has 0 spiro atoms. The summed E-state index contributed by atoms with van der Waals surface area (Å²) in [5.74, 6) is 1.22. The van der Waals surface area contributed by atoms with Gasteiger partial charge in [-0.15, -0.1) is 0 Å². The van der Waals surface area contributed by atoms with Crippen LogP contribution in [0.1, 0.15) is 48.6 Å². The molecule has 128 valence electrons. The van der Waals surface area contributed by atoms with Crippen molar-refractivity contribution in [3.63, 3.8) is 0 Å². The van der Waals surface area contributed by atoms with Gasteiger partial charge in [0.1, 0.15) is 17.3 Å². The van der Waals surface area contributed by atoms with Crippen LogP contribution in [-0.4, -0.2) is 29.0 Å². The molecule has 0 aliphatic rings. The van der Waals surface area contributed by atoms with E-state index in [-0.39, 0.29) is 5.91 Å². The fourth-order valence-electron chi connectivity index (χ4n) is 2.63. The molecule has 1 aromatic carbocycles. The Morgan fingerprint density at radius 2 is 1.79 bits per heavy atom. The highest BCUT2D eigenvalue weighted by atomic mass is 16.1. The van der Waals surface area contributed by atoms with E-state index >= 15 is 0 Å². The maximum Gasteiger partial charge on any atom is 0.274 e. The first kappa shape index (κ1) is 17.9. The van der Waals surface area contributed by atoms with E-state index in [1.807, 2.05) is 38.1 Å². The van der Waals surface area contributed by atoms with Crippen LogP contribution < -0.4 is 10.2 Å². The maximum absolute atomic E-state index is 12.5. The molecule has 0 atom stereocenters. The second kappa shape index (κ2) is 8.43. The number of rotatable bonds is 7. The third-order valence-corrected chi connectivity index (χ3v) is 3.64. The van der Waals surface area contributed by atoms with Crippen molar-refractivity contribution >= 4 is 17.4 Å². The van der Waals surface area contributed by atoms with Gasteiger partial charge in [0.15, 0.2) is 0 Å². The second-order valence-corrected chi connectivity index (χ2v) is 5.97. The van der Waals surface area contributed by atoms with E-state index in [1.165, 1.54) is 0 Å². The molecule has 1 aromatic heterocycles. The molecule has 0 aliphatic heterocycles. The highest BCUT2D eigenvalue weighted by Gasteiger charge is 2.14. The molecule has 2 rings (SSSR count). The van der Waals surface area contributed by atoms with Crippen molar-refractivity contribution in [2.45, 2.75) is 40.5 Å². The summed E-state index contributed by atoms with van der Waals surface area (Å²) in [5, 5.41) is 2.91. The summed E-state index contributed by atoms with van der Waals surface area (Å²) in [6.07, 6.45) is 2.07. The smallest absolute Gasteiger partial charge is 0.274 e. The Bertz CT molecular complexity index is 694. The number of hydrogen-bond donors (Lipinski definition) is 1. The quantitative estimate of drug-likeness (QED) is 0.836. The SMILES string of the molecule is CCCN(CCC)c1cc(C(=O)Nc2cccc(C)c2)nc(C)n1. The number of aromatic nitrogens is 2. The standard InChI is InChI=1S/C19H26N4O/c1-5-10-23(11-6-2)18-13-17(20-15(4)21-18)19(24)22-16-9-7-8-14(3)12-16/h7-9,12-13H,5-6,10-11H2,1-4H3,(H,22,24). The molecule has 0 radical (unpaired) electrons. The lowest BCUT2D eigenvalue weighted by Crippen LogP contribution is -2.27. The van der Waals surface area contributed by atoms with E-state index in [4.69, 9.17) is 0 Å². The molecular weight excluding hydrogens is 300 g/mol. The van der Waals surface area contributed by atoms with Crippen LogP contribution in [0.5, 0.6) is 0 Å². The van der Waals surface area contributed by atoms with Crippen molar-refractivity contribution in [1.29, 1.82) is 0 Å². The minimum absolute atomic E-state index is 0.208. The summed E-state index contributed by atoms with van der Waals surface area (Å²) >= 11 is 0. The number of carbonyl (C=O) groups is 1. The van der Waals surface area contributed by atoms with Gasteiger partial charge in [-0.3, -0.25) is 4.79 Å². The van der Waals surface area contributed by atoms with Gasteiger partial charge in [0, 0.05) is 24.8 Å². The highest BCUT2D eigenvalue weighted by molar-refractivity contribution is 6.03. The Morgan fingerprint density at radius 3 is 2.42 bits per heavy atom. The average Bonchev–Trinajstić information content (AvgIpc) is 2.54. The van der Waals surface area contributed by atoms with Crippen LogP contribution in [0, 0.1) is 13.8 Å². The minimum Gasteiger partial charge on any atom is -0.357 e. The summed E-state index contributed by atoms with van der Waals surface area (Å²) in [7, 11) is 0. The maximum atomic E-state index is 12.5. The van der Waals surface area contributed by atoms with Crippen LogP contribution in [0.2, 0.25) is 0 Å². The molecular formula is C19H26N4O. The second-order valence-electron chi connectivity index (χ2n) is 5.97. The molecule has 2 aromatic rings. The summed E-state index contributed by atoms with van der Waals surface area (Å²) in [5.41, 5.74) is 2.28. The Hall–Kier alpha value is -2.43. The number of carbonyl (C=O) groups excluding carboxylic acids is 1. The van der Waals surface area contributed by atoms with Crippen molar-refractivity contribution in [1.82, 2.24) is 9.97 Å². The van der Waals surface area contributed by atoms with Gasteiger partial charge < -0.3 is 10.2 Å². The van der Waals surface area contributed by atoms with E-state index < -0.39 is 0 Å². The van der Waals surface area contributed by atoms with Gasteiger partial charge in [0.2, 0.25) is 0 Å². The summed E-state index contributed by atoms with van der Waals surface area (Å²) in [4.78, 5) is 23.6. The summed E-state index contributed by atoms with van der Waals surface area (Å²) in [6, 6.07) is 9.51. The van der Waals surface area contributed by atoms with Gasteiger partial charge in [-0.1, -0.05) is 26.0 Å². The minimum atomic E-state index is -0.208. The van der Waals surface area contributed by atoms with Gasteiger partial charge in [-0.25, -0.2) is 9.97 Å². The van der Waals surface area contributed by atoms with Crippen LogP contribution in [0.4, 0.5) is 11.5 Å². The summed E-state index contributed by atoms with van der Waals surface area (Å²) in [6.45, 7) is 9.94. The number of nitrogens with zero attached hydrogens (tertiary/aromatic N) is 3. The van der Waals surface area contributed by atoms with Crippen molar-refractivity contribution in [3.8, 4) is 0 Å². The molecule has 0 fully saturated rings. The molecule has 0 aliphatic carbocycles. The Balaban J connectivity index is 2.24. The monoisotopic (exact) mass is 326 g/mol. The fourth-order valence-corrected chi connectivity index (χ4v) is 2.63. The number of benzene rings is 1. The first-order valence-electron chi connectivity index (χ1n) is 8.52. The van der Waals surface area contributed by atoms with E-state index in [1.54, 1.807) is 6.07 Å². The lowest BCUT2D eigenvalue weighted by Gasteiger charge is -2.23. The lowest BCUT2D eigenvalue weighted by atomic mass is 10.2. The number of aryl methyl sites for hydroxylation is 2.